The summed E-state index contributed by atoms with van der Waals surface area (Å²) in [4.78, 5) is 15.0. The van der Waals surface area contributed by atoms with Crippen molar-refractivity contribution in [1.82, 2.24) is 4.90 Å². The van der Waals surface area contributed by atoms with Crippen LogP contribution < -0.4 is 5.43 Å². The third-order valence-corrected chi connectivity index (χ3v) is 5.51. The summed E-state index contributed by atoms with van der Waals surface area (Å²) < 4.78 is 7.86. The van der Waals surface area contributed by atoms with E-state index in [4.69, 9.17) is 4.74 Å². The second kappa shape index (κ2) is 7.88. The molecule has 3 nitrogen and oxygen atoms in total. The summed E-state index contributed by atoms with van der Waals surface area (Å²) >= 11 is 1.66. The lowest BCUT2D eigenvalue weighted by molar-refractivity contribution is 0.0957. The Morgan fingerprint density at radius 2 is 1.75 bits per heavy atom. The molecule has 1 heterocycles. The van der Waals surface area contributed by atoms with E-state index in [0.29, 0.717) is 13.2 Å². The average molecular weight is 341 g/mol. The number of hydrogen-bond acceptors (Lipinski definition) is 4. The average Bonchev–Trinajstić information content (AvgIpc) is 2.62. The normalized spacial score (nSPS) is 11.6. The third kappa shape index (κ3) is 3.66. The lowest BCUT2D eigenvalue weighted by Crippen LogP contribution is -2.26. The highest BCUT2D eigenvalue weighted by Crippen LogP contribution is 2.25. The molecule has 2 aromatic carbocycles. The first-order valence-corrected chi connectivity index (χ1v) is 9.29. The van der Waals surface area contributed by atoms with Crippen molar-refractivity contribution in [1.29, 1.82) is 0 Å². The topological polar surface area (TPSA) is 29.5 Å². The molecule has 0 N–H and O–H groups in total. The van der Waals surface area contributed by atoms with Gasteiger partial charge in [0.1, 0.15) is 0 Å². The van der Waals surface area contributed by atoms with Crippen LogP contribution in [0.25, 0.3) is 20.2 Å². The molecule has 1 aromatic heterocycles. The van der Waals surface area contributed by atoms with Gasteiger partial charge >= 0.3 is 0 Å². The third-order valence-electron chi connectivity index (χ3n) is 4.36. The standard InChI is InChI=1S/C20H23NO2S/c1-3-21(4-2)11-12-23-14-15-9-10-19-17(13-15)20(22)16-7-5-6-8-18(16)24-19/h5-10,13H,3-4,11-12,14H2,1-2H3. The van der Waals surface area contributed by atoms with Crippen LogP contribution in [-0.4, -0.2) is 31.1 Å². The molecular weight excluding hydrogens is 318 g/mol. The molecule has 24 heavy (non-hydrogen) atoms. The molecule has 0 saturated heterocycles. The molecule has 0 radical (unpaired) electrons. The van der Waals surface area contributed by atoms with Crippen LogP contribution in [0.5, 0.6) is 0 Å². The van der Waals surface area contributed by atoms with Crippen LogP contribution in [0.15, 0.2) is 47.3 Å². The zero-order valence-corrected chi connectivity index (χ0v) is 15.1. The van der Waals surface area contributed by atoms with Gasteiger partial charge in [0, 0.05) is 26.7 Å². The minimum Gasteiger partial charge on any atom is -0.375 e. The molecule has 0 aliphatic heterocycles. The second-order valence-electron chi connectivity index (χ2n) is 5.84. The predicted octanol–water partition coefficient (Wildman–Crippen LogP) is 4.27. The van der Waals surface area contributed by atoms with Gasteiger partial charge in [-0.2, -0.15) is 0 Å². The lowest BCUT2D eigenvalue weighted by atomic mass is 10.1. The lowest BCUT2D eigenvalue weighted by Gasteiger charge is -2.17. The van der Waals surface area contributed by atoms with Gasteiger partial charge in [-0.05, 0) is 42.9 Å². The quantitative estimate of drug-likeness (QED) is 0.475. The maximum absolute atomic E-state index is 12.7. The molecule has 0 aliphatic carbocycles. The molecule has 126 valence electrons. The highest BCUT2D eigenvalue weighted by atomic mass is 32.1. The van der Waals surface area contributed by atoms with E-state index in [-0.39, 0.29) is 5.43 Å². The number of rotatable bonds is 7. The number of likely N-dealkylation sites (N-methyl/N-ethyl adjacent to an activating group) is 1. The maximum atomic E-state index is 12.7. The molecule has 4 heteroatoms. The minimum absolute atomic E-state index is 0.115. The van der Waals surface area contributed by atoms with E-state index in [0.717, 1.165) is 45.4 Å². The molecule has 0 bridgehead atoms. The van der Waals surface area contributed by atoms with Gasteiger partial charge in [-0.3, -0.25) is 4.79 Å². The SMILES string of the molecule is CCN(CC)CCOCc1ccc2sc3ccccc3c(=O)c2c1. The zero-order chi connectivity index (χ0) is 16.9. The van der Waals surface area contributed by atoms with E-state index < -0.39 is 0 Å². The van der Waals surface area contributed by atoms with E-state index >= 15 is 0 Å². The smallest absolute Gasteiger partial charge is 0.195 e. The van der Waals surface area contributed by atoms with Crippen molar-refractivity contribution in [3.05, 3.63) is 58.3 Å². The van der Waals surface area contributed by atoms with E-state index in [2.05, 4.69) is 24.8 Å². The van der Waals surface area contributed by atoms with Gasteiger partial charge in [0.25, 0.3) is 0 Å². The summed E-state index contributed by atoms with van der Waals surface area (Å²) in [6.45, 7) is 8.62. The highest BCUT2D eigenvalue weighted by Gasteiger charge is 2.07. The molecular formula is C20H23NO2S. The number of hydrogen-bond donors (Lipinski definition) is 0. The number of benzene rings is 2. The summed E-state index contributed by atoms with van der Waals surface area (Å²) in [6.07, 6.45) is 0. The van der Waals surface area contributed by atoms with Gasteiger partial charge in [-0.25, -0.2) is 0 Å². The Bertz CT molecular complexity index is 884. The van der Waals surface area contributed by atoms with Gasteiger partial charge in [0.15, 0.2) is 5.43 Å². The molecule has 0 aliphatic rings. The Morgan fingerprint density at radius 1 is 1.00 bits per heavy atom. The Labute approximate surface area is 146 Å². The second-order valence-corrected chi connectivity index (χ2v) is 6.92. The van der Waals surface area contributed by atoms with Crippen molar-refractivity contribution in [2.24, 2.45) is 0 Å². The van der Waals surface area contributed by atoms with Crippen LogP contribution in [0.3, 0.4) is 0 Å². The van der Waals surface area contributed by atoms with Crippen LogP contribution in [-0.2, 0) is 11.3 Å². The molecule has 0 saturated carbocycles. The van der Waals surface area contributed by atoms with Crippen LogP contribution in [0, 0.1) is 0 Å². The molecule has 0 fully saturated rings. The molecule has 3 rings (SSSR count). The first-order valence-electron chi connectivity index (χ1n) is 8.47. The molecule has 3 aromatic rings. The molecule has 0 amide bonds. The van der Waals surface area contributed by atoms with Crippen LogP contribution in [0.4, 0.5) is 0 Å². The van der Waals surface area contributed by atoms with Crippen molar-refractivity contribution in [3.8, 4) is 0 Å². The van der Waals surface area contributed by atoms with Crippen molar-refractivity contribution in [2.45, 2.75) is 20.5 Å². The van der Waals surface area contributed by atoms with Gasteiger partial charge in [0.05, 0.1) is 13.2 Å². The predicted molar refractivity (Wildman–Crippen MR) is 103 cm³/mol. The van der Waals surface area contributed by atoms with E-state index in [1.807, 2.05) is 36.4 Å². The van der Waals surface area contributed by atoms with Gasteiger partial charge in [0.2, 0.25) is 0 Å². The first kappa shape index (κ1) is 17.1. The highest BCUT2D eigenvalue weighted by molar-refractivity contribution is 7.24. The van der Waals surface area contributed by atoms with Crippen LogP contribution >= 0.6 is 11.3 Å². The number of fused-ring (bicyclic) bond motifs is 2. The fourth-order valence-electron chi connectivity index (χ4n) is 2.86. The fraction of sp³-hybridized carbons (Fsp3) is 0.350. The van der Waals surface area contributed by atoms with Crippen molar-refractivity contribution >= 4 is 31.5 Å². The molecule has 0 atom stereocenters. The monoisotopic (exact) mass is 341 g/mol. The minimum atomic E-state index is 0.115. The van der Waals surface area contributed by atoms with E-state index in [1.54, 1.807) is 11.3 Å². The summed E-state index contributed by atoms with van der Waals surface area (Å²) in [5.41, 5.74) is 1.17. The number of ether oxygens (including phenoxy) is 1. The molecule has 0 unspecified atom stereocenters. The molecule has 0 spiro atoms. The Hall–Kier alpha value is -1.75. The Balaban J connectivity index is 1.77. The van der Waals surface area contributed by atoms with Crippen molar-refractivity contribution in [3.63, 3.8) is 0 Å². The maximum Gasteiger partial charge on any atom is 0.195 e. The number of nitrogens with zero attached hydrogens (tertiary/aromatic N) is 1. The van der Waals surface area contributed by atoms with Crippen molar-refractivity contribution < 1.29 is 4.74 Å². The van der Waals surface area contributed by atoms with Gasteiger partial charge < -0.3 is 9.64 Å². The van der Waals surface area contributed by atoms with Gasteiger partial charge in [-0.15, -0.1) is 11.3 Å². The summed E-state index contributed by atoms with van der Waals surface area (Å²) in [7, 11) is 0. The summed E-state index contributed by atoms with van der Waals surface area (Å²) in [5, 5.41) is 1.60. The first-order chi connectivity index (χ1) is 11.7. The Kier molecular flexibility index (Phi) is 5.61. The summed E-state index contributed by atoms with van der Waals surface area (Å²) in [5.74, 6) is 0. The zero-order valence-electron chi connectivity index (χ0n) is 14.2. The Morgan fingerprint density at radius 3 is 2.54 bits per heavy atom. The van der Waals surface area contributed by atoms with Gasteiger partial charge in [-0.1, -0.05) is 32.0 Å². The fourth-order valence-corrected chi connectivity index (χ4v) is 3.92. The van der Waals surface area contributed by atoms with E-state index in [1.165, 1.54) is 0 Å². The van der Waals surface area contributed by atoms with Crippen molar-refractivity contribution in [2.75, 3.05) is 26.2 Å². The largest absolute Gasteiger partial charge is 0.375 e. The van der Waals surface area contributed by atoms with E-state index in [9.17, 15) is 4.79 Å². The van der Waals surface area contributed by atoms with Crippen LogP contribution in [0.2, 0.25) is 0 Å². The summed E-state index contributed by atoms with van der Waals surface area (Å²) in [6, 6.07) is 13.9. The van der Waals surface area contributed by atoms with Crippen LogP contribution in [0.1, 0.15) is 19.4 Å².